The standard InChI is InChI=1S/C11H18/c1-5-11-9(3)6-8(2)7-10(11)4/h6-7,9,11H,5H2,1-4H3. The highest BCUT2D eigenvalue weighted by atomic mass is 14.2. The summed E-state index contributed by atoms with van der Waals surface area (Å²) in [7, 11) is 0. The number of hydrogen-bond donors (Lipinski definition) is 0. The molecule has 0 heterocycles. The molecule has 0 spiro atoms. The van der Waals surface area contributed by atoms with E-state index in [1.54, 1.807) is 5.57 Å². The summed E-state index contributed by atoms with van der Waals surface area (Å²) in [5.74, 6) is 1.53. The van der Waals surface area contributed by atoms with Crippen LogP contribution in [0, 0.1) is 11.8 Å². The number of hydrogen-bond acceptors (Lipinski definition) is 0. The smallest absolute Gasteiger partial charge is 0.0145 e. The van der Waals surface area contributed by atoms with Crippen molar-refractivity contribution in [1.82, 2.24) is 0 Å². The predicted octanol–water partition coefficient (Wildman–Crippen LogP) is 3.55. The van der Waals surface area contributed by atoms with Crippen LogP contribution in [0.25, 0.3) is 0 Å². The first kappa shape index (κ1) is 8.58. The fourth-order valence-electron chi connectivity index (χ4n) is 2.15. The van der Waals surface area contributed by atoms with Gasteiger partial charge in [0, 0.05) is 0 Å². The van der Waals surface area contributed by atoms with Gasteiger partial charge in [0.15, 0.2) is 0 Å². The molecule has 0 aromatic rings. The topological polar surface area (TPSA) is 0 Å². The summed E-state index contributed by atoms with van der Waals surface area (Å²) in [6.07, 6.45) is 5.96. The molecule has 0 saturated carbocycles. The maximum absolute atomic E-state index is 2.38. The largest absolute Gasteiger partial charge is 0.0782 e. The second-order valence-corrected chi connectivity index (χ2v) is 3.67. The summed E-state index contributed by atoms with van der Waals surface area (Å²) in [5, 5.41) is 0. The van der Waals surface area contributed by atoms with Gasteiger partial charge < -0.3 is 0 Å². The lowest BCUT2D eigenvalue weighted by Crippen LogP contribution is -2.13. The minimum absolute atomic E-state index is 0.741. The summed E-state index contributed by atoms with van der Waals surface area (Å²) in [4.78, 5) is 0. The first-order chi connectivity index (χ1) is 5.15. The molecule has 0 aromatic heterocycles. The molecule has 0 heteroatoms. The van der Waals surface area contributed by atoms with Gasteiger partial charge in [0.1, 0.15) is 0 Å². The van der Waals surface area contributed by atoms with Gasteiger partial charge in [-0.05, 0) is 32.1 Å². The SMILES string of the molecule is CCC1C(C)=CC(C)=CC1C. The Balaban J connectivity index is 2.82. The van der Waals surface area contributed by atoms with Crippen molar-refractivity contribution in [3.8, 4) is 0 Å². The third kappa shape index (κ3) is 1.74. The van der Waals surface area contributed by atoms with Crippen LogP contribution in [0.5, 0.6) is 0 Å². The van der Waals surface area contributed by atoms with Crippen molar-refractivity contribution in [2.45, 2.75) is 34.1 Å². The van der Waals surface area contributed by atoms with Gasteiger partial charge in [0.05, 0.1) is 0 Å². The maximum atomic E-state index is 2.38. The normalized spacial score (nSPS) is 31.3. The molecular weight excluding hydrogens is 132 g/mol. The lowest BCUT2D eigenvalue weighted by atomic mass is 9.80. The van der Waals surface area contributed by atoms with Crippen LogP contribution in [0.15, 0.2) is 23.3 Å². The van der Waals surface area contributed by atoms with E-state index in [1.807, 2.05) is 0 Å². The van der Waals surface area contributed by atoms with Crippen molar-refractivity contribution in [1.29, 1.82) is 0 Å². The zero-order chi connectivity index (χ0) is 8.43. The second-order valence-electron chi connectivity index (χ2n) is 3.67. The Morgan fingerprint density at radius 1 is 1.36 bits per heavy atom. The van der Waals surface area contributed by atoms with Crippen molar-refractivity contribution in [3.63, 3.8) is 0 Å². The number of rotatable bonds is 1. The molecule has 11 heavy (non-hydrogen) atoms. The van der Waals surface area contributed by atoms with Crippen LogP contribution in [0.1, 0.15) is 34.1 Å². The molecule has 0 N–H and O–H groups in total. The van der Waals surface area contributed by atoms with E-state index >= 15 is 0 Å². The molecule has 0 amide bonds. The molecule has 2 atom stereocenters. The summed E-state index contributed by atoms with van der Waals surface area (Å²) >= 11 is 0. The van der Waals surface area contributed by atoms with E-state index in [0.717, 1.165) is 11.8 Å². The predicted molar refractivity (Wildman–Crippen MR) is 50.5 cm³/mol. The van der Waals surface area contributed by atoms with E-state index in [1.165, 1.54) is 12.0 Å². The fraction of sp³-hybridized carbons (Fsp3) is 0.636. The summed E-state index contributed by atoms with van der Waals surface area (Å²) in [5.41, 5.74) is 2.99. The van der Waals surface area contributed by atoms with E-state index in [0.29, 0.717) is 0 Å². The molecular formula is C11H18. The van der Waals surface area contributed by atoms with Crippen LogP contribution >= 0.6 is 0 Å². The van der Waals surface area contributed by atoms with Gasteiger partial charge in [-0.2, -0.15) is 0 Å². The Labute approximate surface area is 70.0 Å². The zero-order valence-corrected chi connectivity index (χ0v) is 8.02. The van der Waals surface area contributed by atoms with E-state index in [-0.39, 0.29) is 0 Å². The van der Waals surface area contributed by atoms with Crippen molar-refractivity contribution < 1.29 is 0 Å². The van der Waals surface area contributed by atoms with Crippen molar-refractivity contribution in [2.24, 2.45) is 11.8 Å². The Morgan fingerprint density at radius 2 is 2.00 bits per heavy atom. The molecule has 2 unspecified atom stereocenters. The molecule has 0 radical (unpaired) electrons. The van der Waals surface area contributed by atoms with Crippen LogP contribution in [-0.2, 0) is 0 Å². The molecule has 1 aliphatic rings. The van der Waals surface area contributed by atoms with Crippen LogP contribution in [0.2, 0.25) is 0 Å². The van der Waals surface area contributed by atoms with Gasteiger partial charge in [0.25, 0.3) is 0 Å². The van der Waals surface area contributed by atoms with E-state index < -0.39 is 0 Å². The molecule has 1 rings (SSSR count). The van der Waals surface area contributed by atoms with E-state index in [2.05, 4.69) is 39.8 Å². The highest BCUT2D eigenvalue weighted by Crippen LogP contribution is 2.30. The van der Waals surface area contributed by atoms with Crippen molar-refractivity contribution >= 4 is 0 Å². The summed E-state index contributed by atoms with van der Waals surface area (Å²) in [6.45, 7) is 9.02. The lowest BCUT2D eigenvalue weighted by molar-refractivity contribution is 0.462. The average Bonchev–Trinajstić information content (AvgIpc) is 1.85. The van der Waals surface area contributed by atoms with Crippen LogP contribution < -0.4 is 0 Å². The first-order valence-corrected chi connectivity index (χ1v) is 4.51. The van der Waals surface area contributed by atoms with Crippen LogP contribution in [0.4, 0.5) is 0 Å². The van der Waals surface area contributed by atoms with Crippen molar-refractivity contribution in [3.05, 3.63) is 23.3 Å². The minimum atomic E-state index is 0.741. The Hall–Kier alpha value is -0.520. The molecule has 0 aromatic carbocycles. The van der Waals surface area contributed by atoms with Gasteiger partial charge in [-0.25, -0.2) is 0 Å². The third-order valence-corrected chi connectivity index (χ3v) is 2.64. The number of allylic oxidation sites excluding steroid dienone is 4. The first-order valence-electron chi connectivity index (χ1n) is 4.51. The Bertz CT molecular complexity index is 196. The van der Waals surface area contributed by atoms with Gasteiger partial charge in [0.2, 0.25) is 0 Å². The highest BCUT2D eigenvalue weighted by molar-refractivity contribution is 5.28. The molecule has 0 nitrogen and oxygen atoms in total. The van der Waals surface area contributed by atoms with E-state index in [9.17, 15) is 0 Å². The molecule has 0 aliphatic heterocycles. The van der Waals surface area contributed by atoms with Crippen LogP contribution in [-0.4, -0.2) is 0 Å². The molecule has 0 bridgehead atoms. The van der Waals surface area contributed by atoms with Crippen LogP contribution in [0.3, 0.4) is 0 Å². The van der Waals surface area contributed by atoms with Gasteiger partial charge >= 0.3 is 0 Å². The van der Waals surface area contributed by atoms with E-state index in [4.69, 9.17) is 0 Å². The van der Waals surface area contributed by atoms with Crippen molar-refractivity contribution in [2.75, 3.05) is 0 Å². The van der Waals surface area contributed by atoms with Gasteiger partial charge in [-0.1, -0.05) is 37.1 Å². The minimum Gasteiger partial charge on any atom is -0.0782 e. The Kier molecular flexibility index (Phi) is 2.53. The molecule has 0 saturated heterocycles. The Morgan fingerprint density at radius 3 is 2.45 bits per heavy atom. The third-order valence-electron chi connectivity index (χ3n) is 2.64. The lowest BCUT2D eigenvalue weighted by Gasteiger charge is -2.25. The van der Waals surface area contributed by atoms with Gasteiger partial charge in [-0.15, -0.1) is 0 Å². The average molecular weight is 150 g/mol. The highest BCUT2D eigenvalue weighted by Gasteiger charge is 2.18. The summed E-state index contributed by atoms with van der Waals surface area (Å²) in [6, 6.07) is 0. The molecule has 1 aliphatic carbocycles. The van der Waals surface area contributed by atoms with Gasteiger partial charge in [-0.3, -0.25) is 0 Å². The molecule has 62 valence electrons. The second kappa shape index (κ2) is 3.25. The monoisotopic (exact) mass is 150 g/mol. The maximum Gasteiger partial charge on any atom is -0.0145 e. The molecule has 0 fully saturated rings. The quantitative estimate of drug-likeness (QED) is 0.536. The fourth-order valence-corrected chi connectivity index (χ4v) is 2.15. The summed E-state index contributed by atoms with van der Waals surface area (Å²) < 4.78 is 0. The zero-order valence-electron chi connectivity index (χ0n) is 8.02.